The first kappa shape index (κ1) is 17.4. The molecule has 5 rings (SSSR count). The number of amides is 2. The number of nitrogens with zero attached hydrogens (tertiary/aromatic N) is 2. The third-order valence-electron chi connectivity index (χ3n) is 6.37. The number of rotatable bonds is 4. The van der Waals surface area contributed by atoms with Gasteiger partial charge in [-0.15, -0.1) is 0 Å². The Kier molecular flexibility index (Phi) is 4.00. The van der Waals surface area contributed by atoms with Crippen LogP contribution in [0.3, 0.4) is 0 Å². The Balaban J connectivity index is 1.38. The number of primary amides is 1. The van der Waals surface area contributed by atoms with E-state index in [1.807, 2.05) is 35.2 Å². The normalized spacial score (nSPS) is 29.1. The fraction of sp³-hybridized carbons (Fsp3) is 0.364. The first-order valence-electron chi connectivity index (χ1n) is 9.72. The van der Waals surface area contributed by atoms with Gasteiger partial charge < -0.3 is 15.4 Å². The first-order valence-corrected chi connectivity index (χ1v) is 9.72. The fourth-order valence-electron chi connectivity index (χ4n) is 5.05. The fourth-order valence-corrected chi connectivity index (χ4v) is 5.05. The quantitative estimate of drug-likeness (QED) is 0.885. The largest absolute Gasteiger partial charge is 0.366 e. The summed E-state index contributed by atoms with van der Waals surface area (Å²) < 4.78 is 6.35. The lowest BCUT2D eigenvalue weighted by molar-refractivity contribution is -0.138. The maximum atomic E-state index is 12.9. The molecule has 0 saturated carbocycles. The first-order chi connectivity index (χ1) is 13.6. The zero-order valence-electron chi connectivity index (χ0n) is 15.6. The molecule has 6 nitrogen and oxygen atoms in total. The van der Waals surface area contributed by atoms with Crippen LogP contribution in [-0.2, 0) is 16.1 Å². The molecule has 0 radical (unpaired) electrons. The lowest BCUT2D eigenvalue weighted by Gasteiger charge is -2.33. The Morgan fingerprint density at radius 1 is 1.14 bits per heavy atom. The second-order valence-corrected chi connectivity index (χ2v) is 7.85. The standard InChI is InChI=1S/C22H23N3O3/c23-21(27)17-8-6-15(7-9-17)13-24-11-10-22-19(24)12-20(26)25(22)18(14-28-22)16-4-2-1-3-5-16/h1-9,18-19H,10-14H2,(H2,23,27)/t18-,19+,22-/m0/s1. The van der Waals surface area contributed by atoms with Crippen LogP contribution >= 0.6 is 0 Å². The smallest absolute Gasteiger partial charge is 0.248 e. The lowest BCUT2D eigenvalue weighted by atomic mass is 10.0. The van der Waals surface area contributed by atoms with Crippen LogP contribution in [0, 0.1) is 0 Å². The molecule has 6 heteroatoms. The zero-order chi connectivity index (χ0) is 19.3. The highest BCUT2D eigenvalue weighted by Gasteiger charge is 2.64. The average Bonchev–Trinajstić information content (AvgIpc) is 3.33. The van der Waals surface area contributed by atoms with Gasteiger partial charge in [-0.3, -0.25) is 14.5 Å². The summed E-state index contributed by atoms with van der Waals surface area (Å²) in [6.45, 7) is 2.16. The van der Waals surface area contributed by atoms with Crippen LogP contribution in [0.4, 0.5) is 0 Å². The minimum Gasteiger partial charge on any atom is -0.366 e. The number of nitrogens with two attached hydrogens (primary N) is 1. The maximum absolute atomic E-state index is 12.9. The van der Waals surface area contributed by atoms with E-state index in [1.165, 1.54) is 0 Å². The van der Waals surface area contributed by atoms with E-state index in [1.54, 1.807) is 12.1 Å². The minimum atomic E-state index is -0.509. The number of carbonyl (C=O) groups excluding carboxylic acids is 2. The van der Waals surface area contributed by atoms with Gasteiger partial charge in [-0.1, -0.05) is 42.5 Å². The van der Waals surface area contributed by atoms with E-state index >= 15 is 0 Å². The molecule has 3 fully saturated rings. The lowest BCUT2D eigenvalue weighted by Crippen LogP contribution is -2.48. The Bertz CT molecular complexity index is 914. The summed E-state index contributed by atoms with van der Waals surface area (Å²) in [4.78, 5) is 28.5. The Hall–Kier alpha value is -2.70. The van der Waals surface area contributed by atoms with Gasteiger partial charge in [0, 0.05) is 31.5 Å². The molecule has 28 heavy (non-hydrogen) atoms. The van der Waals surface area contributed by atoms with Gasteiger partial charge in [0.15, 0.2) is 5.72 Å². The second-order valence-electron chi connectivity index (χ2n) is 7.85. The Labute approximate surface area is 163 Å². The van der Waals surface area contributed by atoms with Crippen LogP contribution in [-0.4, -0.2) is 46.5 Å². The number of hydrogen-bond acceptors (Lipinski definition) is 4. The molecule has 3 atom stereocenters. The van der Waals surface area contributed by atoms with Crippen molar-refractivity contribution in [2.75, 3.05) is 13.2 Å². The predicted octanol–water partition coefficient (Wildman–Crippen LogP) is 2.06. The Morgan fingerprint density at radius 3 is 2.61 bits per heavy atom. The third kappa shape index (κ3) is 2.56. The van der Waals surface area contributed by atoms with Crippen molar-refractivity contribution >= 4 is 11.8 Å². The predicted molar refractivity (Wildman–Crippen MR) is 103 cm³/mol. The van der Waals surface area contributed by atoms with Crippen molar-refractivity contribution in [2.24, 2.45) is 5.73 Å². The molecule has 2 amide bonds. The summed E-state index contributed by atoms with van der Waals surface area (Å²) in [6.07, 6.45) is 1.31. The average molecular weight is 377 g/mol. The van der Waals surface area contributed by atoms with Crippen LogP contribution in [0.2, 0.25) is 0 Å². The highest BCUT2D eigenvalue weighted by atomic mass is 16.5. The van der Waals surface area contributed by atoms with Crippen molar-refractivity contribution in [3.8, 4) is 0 Å². The van der Waals surface area contributed by atoms with Crippen LogP contribution in [0.1, 0.15) is 40.4 Å². The van der Waals surface area contributed by atoms with Crippen molar-refractivity contribution in [1.82, 2.24) is 9.80 Å². The molecule has 3 aliphatic rings. The number of hydrogen-bond donors (Lipinski definition) is 1. The molecule has 3 aliphatic heterocycles. The summed E-state index contributed by atoms with van der Waals surface area (Å²) in [7, 11) is 0. The van der Waals surface area contributed by atoms with Gasteiger partial charge in [0.05, 0.1) is 18.7 Å². The van der Waals surface area contributed by atoms with Crippen molar-refractivity contribution in [3.63, 3.8) is 0 Å². The van der Waals surface area contributed by atoms with Crippen molar-refractivity contribution in [1.29, 1.82) is 0 Å². The summed E-state index contributed by atoms with van der Waals surface area (Å²) in [5.74, 6) is -0.250. The van der Waals surface area contributed by atoms with Gasteiger partial charge in [-0.05, 0) is 23.3 Å². The molecule has 3 saturated heterocycles. The highest BCUT2D eigenvalue weighted by Crippen LogP contribution is 2.51. The van der Waals surface area contributed by atoms with Gasteiger partial charge in [-0.2, -0.15) is 0 Å². The summed E-state index contributed by atoms with van der Waals surface area (Å²) in [6, 6.07) is 17.6. The number of ether oxygens (including phenoxy) is 1. The van der Waals surface area contributed by atoms with Crippen LogP contribution < -0.4 is 5.73 Å². The molecule has 0 aliphatic carbocycles. The minimum absolute atomic E-state index is 0.00602. The molecule has 144 valence electrons. The van der Waals surface area contributed by atoms with Gasteiger partial charge >= 0.3 is 0 Å². The van der Waals surface area contributed by atoms with Crippen molar-refractivity contribution < 1.29 is 14.3 Å². The highest BCUT2D eigenvalue weighted by molar-refractivity contribution is 5.92. The summed E-state index contributed by atoms with van der Waals surface area (Å²) in [5, 5.41) is 0. The van der Waals surface area contributed by atoms with E-state index in [-0.39, 0.29) is 18.0 Å². The van der Waals surface area contributed by atoms with Gasteiger partial charge in [-0.25, -0.2) is 0 Å². The van der Waals surface area contributed by atoms with E-state index in [4.69, 9.17) is 10.5 Å². The molecule has 1 spiro atoms. The van der Waals surface area contributed by atoms with Gasteiger partial charge in [0.2, 0.25) is 11.8 Å². The van der Waals surface area contributed by atoms with E-state index in [0.29, 0.717) is 18.6 Å². The maximum Gasteiger partial charge on any atom is 0.248 e. The topological polar surface area (TPSA) is 75.9 Å². The number of benzene rings is 2. The van der Waals surface area contributed by atoms with E-state index in [2.05, 4.69) is 17.0 Å². The molecular formula is C22H23N3O3. The molecule has 0 bridgehead atoms. The third-order valence-corrected chi connectivity index (χ3v) is 6.37. The van der Waals surface area contributed by atoms with Crippen LogP contribution in [0.5, 0.6) is 0 Å². The molecule has 3 heterocycles. The van der Waals surface area contributed by atoms with E-state index in [9.17, 15) is 9.59 Å². The van der Waals surface area contributed by atoms with Crippen molar-refractivity contribution in [2.45, 2.75) is 37.2 Å². The molecule has 0 aromatic heterocycles. The number of carbonyl (C=O) groups is 2. The van der Waals surface area contributed by atoms with E-state index < -0.39 is 11.6 Å². The Morgan fingerprint density at radius 2 is 1.89 bits per heavy atom. The SMILES string of the molecule is NC(=O)c1ccc(CN2CC[C@@]34OC[C@@H](c5ccccc5)N3C(=O)C[C@@H]24)cc1. The molecule has 2 aromatic carbocycles. The summed E-state index contributed by atoms with van der Waals surface area (Å²) >= 11 is 0. The molecule has 0 unspecified atom stereocenters. The van der Waals surface area contributed by atoms with Gasteiger partial charge in [0.1, 0.15) is 0 Å². The van der Waals surface area contributed by atoms with Crippen LogP contribution in [0.15, 0.2) is 54.6 Å². The van der Waals surface area contributed by atoms with Crippen molar-refractivity contribution in [3.05, 3.63) is 71.3 Å². The van der Waals surface area contributed by atoms with Crippen LogP contribution in [0.25, 0.3) is 0 Å². The van der Waals surface area contributed by atoms with E-state index in [0.717, 1.165) is 30.6 Å². The number of likely N-dealkylation sites (tertiary alicyclic amines) is 1. The molecular weight excluding hydrogens is 354 g/mol. The second kappa shape index (κ2) is 6.43. The molecule has 2 aromatic rings. The zero-order valence-corrected chi connectivity index (χ0v) is 15.6. The van der Waals surface area contributed by atoms with Gasteiger partial charge in [0.25, 0.3) is 0 Å². The summed E-state index contributed by atoms with van der Waals surface area (Å²) in [5.41, 5.74) is 7.56. The molecule has 2 N–H and O–H groups in total. The monoisotopic (exact) mass is 377 g/mol.